The first kappa shape index (κ1) is 23.4. The molecule has 152 valence electrons. The molecule has 0 bridgehead atoms. The number of hydrogen-bond acceptors (Lipinski definition) is 4. The van der Waals surface area contributed by atoms with Crippen LogP contribution in [0.1, 0.15) is 36.5 Å². The Balaban J connectivity index is 2.17. The van der Waals surface area contributed by atoms with Gasteiger partial charge in [-0.15, -0.1) is 0 Å². The maximum Gasteiger partial charge on any atom is 0.129 e. The molecule has 0 aliphatic rings. The number of aliphatic hydroxyl groups is 1. The zero-order valence-electron chi connectivity index (χ0n) is 16.6. The van der Waals surface area contributed by atoms with Crippen molar-refractivity contribution >= 4 is 45.6 Å². The summed E-state index contributed by atoms with van der Waals surface area (Å²) in [5.74, 6) is 0. The van der Waals surface area contributed by atoms with Crippen molar-refractivity contribution < 1.29 is 5.11 Å². The van der Waals surface area contributed by atoms with E-state index < -0.39 is 4.11 Å². The van der Waals surface area contributed by atoms with Crippen molar-refractivity contribution in [3.05, 3.63) is 76.3 Å². The topological polar surface area (TPSA) is 68.4 Å². The zero-order valence-corrected chi connectivity index (χ0v) is 19.5. The molecule has 0 unspecified atom stereocenters. The first-order valence-electron chi connectivity index (χ1n) is 9.41. The van der Waals surface area contributed by atoms with Crippen LogP contribution in [0.5, 0.6) is 0 Å². The number of nitrogens with one attached hydrogen (secondary N) is 1. The van der Waals surface area contributed by atoms with Gasteiger partial charge in [0, 0.05) is 18.4 Å². The molecule has 0 aromatic heterocycles. The number of aliphatic hydroxyl groups excluding tert-OH is 1. The smallest absolute Gasteiger partial charge is 0.129 e. The van der Waals surface area contributed by atoms with Crippen LogP contribution in [0.2, 0.25) is 5.02 Å². The molecule has 0 aliphatic heterocycles. The SMILES string of the molecule is C=C(CCC(=NC)c1ccccc1)[C@H](Nc1ccc(C#N)c(Cl)c1CC)[C@@H](O)I. The number of nitrogens with zero attached hydrogens (tertiary/aromatic N) is 2. The molecule has 0 saturated carbocycles. The summed E-state index contributed by atoms with van der Waals surface area (Å²) in [5.41, 5.74) is 5.10. The largest absolute Gasteiger partial charge is 0.380 e. The van der Waals surface area contributed by atoms with Gasteiger partial charge in [-0.25, -0.2) is 0 Å². The Morgan fingerprint density at radius 1 is 1.28 bits per heavy atom. The minimum atomic E-state index is -0.669. The van der Waals surface area contributed by atoms with E-state index in [4.69, 9.17) is 11.6 Å². The summed E-state index contributed by atoms with van der Waals surface area (Å²) in [6, 6.07) is 15.4. The average molecular weight is 522 g/mol. The maximum atomic E-state index is 10.4. The molecule has 0 fully saturated rings. The summed E-state index contributed by atoms with van der Waals surface area (Å²) < 4.78 is -0.669. The molecule has 0 spiro atoms. The Labute approximate surface area is 191 Å². The molecule has 0 radical (unpaired) electrons. The van der Waals surface area contributed by atoms with Crippen LogP contribution in [-0.4, -0.2) is 28.0 Å². The quantitative estimate of drug-likeness (QED) is 0.191. The van der Waals surface area contributed by atoms with Gasteiger partial charge in [0.2, 0.25) is 0 Å². The summed E-state index contributed by atoms with van der Waals surface area (Å²) in [4.78, 5) is 4.42. The van der Waals surface area contributed by atoms with Gasteiger partial charge >= 0.3 is 0 Å². The lowest BCUT2D eigenvalue weighted by Gasteiger charge is -2.26. The Hall–Kier alpha value is -1.88. The standard InChI is InChI=1S/C23H25ClIN3O/c1-4-18-20(13-11-17(14-26)21(18)24)28-22(23(25)29)15(2)10-12-19(27-3)16-8-6-5-7-9-16/h5-9,11,13,22-23,28-29H,2,4,10,12H2,1,3H3/t22-,23+/m0/s1. The van der Waals surface area contributed by atoms with Crippen LogP contribution in [-0.2, 0) is 6.42 Å². The van der Waals surface area contributed by atoms with Crippen LogP contribution in [0.25, 0.3) is 0 Å². The first-order chi connectivity index (χ1) is 13.9. The maximum absolute atomic E-state index is 10.4. The molecular weight excluding hydrogens is 497 g/mol. The number of halogens is 2. The van der Waals surface area contributed by atoms with E-state index >= 15 is 0 Å². The summed E-state index contributed by atoms with van der Waals surface area (Å²) >= 11 is 8.37. The predicted octanol–water partition coefficient (Wildman–Crippen LogP) is 5.76. The normalized spacial score (nSPS) is 13.4. The molecule has 0 saturated heterocycles. The van der Waals surface area contributed by atoms with Gasteiger partial charge in [-0.1, -0.05) is 61.0 Å². The highest BCUT2D eigenvalue weighted by Gasteiger charge is 2.22. The van der Waals surface area contributed by atoms with E-state index in [9.17, 15) is 10.4 Å². The molecule has 6 heteroatoms. The van der Waals surface area contributed by atoms with Crippen molar-refractivity contribution in [1.82, 2.24) is 0 Å². The Kier molecular flexibility index (Phi) is 9.15. The van der Waals surface area contributed by atoms with Crippen molar-refractivity contribution in [2.45, 2.75) is 36.3 Å². The van der Waals surface area contributed by atoms with Crippen LogP contribution in [0.4, 0.5) is 5.69 Å². The molecule has 4 nitrogen and oxygen atoms in total. The second-order valence-electron chi connectivity index (χ2n) is 6.61. The number of nitriles is 1. The second kappa shape index (κ2) is 11.3. The number of alkyl halides is 1. The van der Waals surface area contributed by atoms with Crippen LogP contribution >= 0.6 is 34.2 Å². The summed E-state index contributed by atoms with van der Waals surface area (Å²) in [6.07, 6.45) is 2.09. The molecule has 2 aromatic rings. The van der Waals surface area contributed by atoms with Crippen LogP contribution < -0.4 is 5.32 Å². The zero-order chi connectivity index (χ0) is 21.4. The molecule has 0 amide bonds. The van der Waals surface area contributed by atoms with Crippen molar-refractivity contribution in [1.29, 1.82) is 5.26 Å². The highest BCUT2D eigenvalue weighted by molar-refractivity contribution is 14.1. The molecule has 2 aromatic carbocycles. The number of anilines is 1. The summed E-state index contributed by atoms with van der Waals surface area (Å²) in [5, 5.41) is 23.4. The van der Waals surface area contributed by atoms with Gasteiger partial charge in [0.1, 0.15) is 10.2 Å². The van der Waals surface area contributed by atoms with Gasteiger partial charge < -0.3 is 10.4 Å². The number of rotatable bonds is 9. The highest BCUT2D eigenvalue weighted by Crippen LogP contribution is 2.31. The van der Waals surface area contributed by atoms with E-state index in [1.54, 1.807) is 13.1 Å². The van der Waals surface area contributed by atoms with Crippen molar-refractivity contribution in [3.8, 4) is 6.07 Å². The van der Waals surface area contributed by atoms with Gasteiger partial charge in [0.25, 0.3) is 0 Å². The first-order valence-corrected chi connectivity index (χ1v) is 11.0. The molecular formula is C23H25ClIN3O. The molecule has 0 aliphatic carbocycles. The molecule has 2 N–H and O–H groups in total. The minimum absolute atomic E-state index is 0.348. The summed E-state index contributed by atoms with van der Waals surface area (Å²) in [6.45, 7) is 6.20. The van der Waals surface area contributed by atoms with E-state index in [2.05, 4.69) is 23.0 Å². The van der Waals surface area contributed by atoms with Gasteiger partial charge in [0.05, 0.1) is 16.6 Å². The lowest BCUT2D eigenvalue weighted by atomic mass is 9.98. The van der Waals surface area contributed by atoms with Crippen LogP contribution in [0.15, 0.2) is 59.6 Å². The minimum Gasteiger partial charge on any atom is -0.380 e. The fourth-order valence-corrected chi connectivity index (χ4v) is 4.20. The van der Waals surface area contributed by atoms with Crippen molar-refractivity contribution in [2.24, 2.45) is 4.99 Å². The lowest BCUT2D eigenvalue weighted by Crippen LogP contribution is -2.32. The summed E-state index contributed by atoms with van der Waals surface area (Å²) in [7, 11) is 1.79. The Morgan fingerprint density at radius 3 is 2.52 bits per heavy atom. The fourth-order valence-electron chi connectivity index (χ4n) is 3.17. The second-order valence-corrected chi connectivity index (χ2v) is 8.26. The van der Waals surface area contributed by atoms with Crippen LogP contribution in [0, 0.1) is 11.3 Å². The van der Waals surface area contributed by atoms with Crippen molar-refractivity contribution in [2.75, 3.05) is 12.4 Å². The number of aliphatic imine (C=N–C) groups is 1. The molecule has 2 atom stereocenters. The van der Waals surface area contributed by atoms with Gasteiger partial charge in [-0.3, -0.25) is 4.99 Å². The Morgan fingerprint density at radius 2 is 1.97 bits per heavy atom. The molecule has 2 rings (SSSR count). The van der Waals surface area contributed by atoms with E-state index in [-0.39, 0.29) is 6.04 Å². The molecule has 29 heavy (non-hydrogen) atoms. The number of benzene rings is 2. The third kappa shape index (κ3) is 6.05. The third-order valence-electron chi connectivity index (χ3n) is 4.80. The van der Waals surface area contributed by atoms with Gasteiger partial charge in [0.15, 0.2) is 0 Å². The predicted molar refractivity (Wildman–Crippen MR) is 130 cm³/mol. The van der Waals surface area contributed by atoms with E-state index in [0.29, 0.717) is 23.4 Å². The van der Waals surface area contributed by atoms with E-state index in [0.717, 1.165) is 34.5 Å². The van der Waals surface area contributed by atoms with E-state index in [1.807, 2.05) is 65.9 Å². The van der Waals surface area contributed by atoms with Gasteiger partial charge in [-0.05, 0) is 65.1 Å². The highest BCUT2D eigenvalue weighted by atomic mass is 127. The average Bonchev–Trinajstić information content (AvgIpc) is 2.73. The van der Waals surface area contributed by atoms with Gasteiger partial charge in [-0.2, -0.15) is 5.26 Å². The van der Waals surface area contributed by atoms with Crippen LogP contribution in [0.3, 0.4) is 0 Å². The third-order valence-corrected chi connectivity index (χ3v) is 5.95. The van der Waals surface area contributed by atoms with E-state index in [1.165, 1.54) is 0 Å². The van der Waals surface area contributed by atoms with Crippen molar-refractivity contribution in [3.63, 3.8) is 0 Å². The lowest BCUT2D eigenvalue weighted by molar-refractivity contribution is 0.266. The number of hydrogen-bond donors (Lipinski definition) is 2. The Bertz CT molecular complexity index is 920. The monoisotopic (exact) mass is 521 g/mol. The molecule has 0 heterocycles. The fraction of sp³-hybridized carbons (Fsp3) is 0.304.